The maximum atomic E-state index is 9.34. The van der Waals surface area contributed by atoms with Crippen molar-refractivity contribution in [2.24, 2.45) is 0 Å². The van der Waals surface area contributed by atoms with E-state index in [4.69, 9.17) is 20.5 Å². The number of halogens is 1. The monoisotopic (exact) mass is 487 g/mol. The van der Waals surface area contributed by atoms with Crippen LogP contribution in [0.25, 0.3) is 6.08 Å². The predicted octanol–water partition coefficient (Wildman–Crippen LogP) is 7.98. The summed E-state index contributed by atoms with van der Waals surface area (Å²) in [6.07, 6.45) is 6.69. The maximum Gasteiger partial charge on any atom is 0.193 e. The van der Waals surface area contributed by atoms with Crippen molar-refractivity contribution < 1.29 is 8.85 Å². The van der Waals surface area contributed by atoms with Crippen LogP contribution in [-0.4, -0.2) is 22.7 Å². The van der Waals surface area contributed by atoms with Gasteiger partial charge in [-0.25, -0.2) is 0 Å². The fraction of sp³-hybridized carbons (Fsp3) is 0.577. The summed E-state index contributed by atoms with van der Waals surface area (Å²) in [5.41, 5.74) is 3.49. The van der Waals surface area contributed by atoms with E-state index in [-0.39, 0.29) is 11.1 Å². The molecule has 6 heteroatoms. The first-order valence-electron chi connectivity index (χ1n) is 11.9. The Hall–Kier alpha value is -1.17. The van der Waals surface area contributed by atoms with Gasteiger partial charge in [-0.15, -0.1) is 0 Å². The van der Waals surface area contributed by atoms with Crippen LogP contribution in [0.2, 0.25) is 41.3 Å². The van der Waals surface area contributed by atoms with E-state index in [9.17, 15) is 5.26 Å². The van der Waals surface area contributed by atoms with Crippen LogP contribution in [0.15, 0.2) is 29.9 Å². The summed E-state index contributed by atoms with van der Waals surface area (Å²) in [6.45, 7) is 18.2. The van der Waals surface area contributed by atoms with Crippen LogP contribution in [0, 0.1) is 11.3 Å². The molecule has 0 aliphatic heterocycles. The average Bonchev–Trinajstić information content (AvgIpc) is 3.20. The summed E-state index contributed by atoms with van der Waals surface area (Å²) in [7, 11) is -4.09. The molecule has 1 aromatic carbocycles. The van der Waals surface area contributed by atoms with Gasteiger partial charge in [0.25, 0.3) is 0 Å². The molecule has 174 valence electrons. The highest BCUT2D eigenvalue weighted by Crippen LogP contribution is 2.56. The normalized spacial score (nSPS) is 22.5. The molecule has 0 unspecified atom stereocenters. The van der Waals surface area contributed by atoms with Crippen LogP contribution in [0.4, 0.5) is 0 Å². The summed E-state index contributed by atoms with van der Waals surface area (Å²) >= 11 is 6.76. The number of hydrogen-bond donors (Lipinski definition) is 0. The second kappa shape index (κ2) is 8.89. The molecule has 0 spiro atoms. The number of hydrogen-bond acceptors (Lipinski definition) is 3. The van der Waals surface area contributed by atoms with Crippen molar-refractivity contribution in [2.75, 3.05) is 0 Å². The molecule has 3 nitrogen and oxygen atoms in total. The lowest BCUT2D eigenvalue weighted by atomic mass is 9.88. The second-order valence-corrected chi connectivity index (χ2v) is 20.6. The van der Waals surface area contributed by atoms with Gasteiger partial charge in [-0.1, -0.05) is 71.4 Å². The smallest absolute Gasteiger partial charge is 0.193 e. The third-order valence-electron chi connectivity index (χ3n) is 7.99. The summed E-state index contributed by atoms with van der Waals surface area (Å²) in [6, 6.07) is 9.52. The summed E-state index contributed by atoms with van der Waals surface area (Å²) in [4.78, 5) is 0. The van der Waals surface area contributed by atoms with E-state index in [0.29, 0.717) is 11.4 Å². The first-order chi connectivity index (χ1) is 14.9. The van der Waals surface area contributed by atoms with Gasteiger partial charge in [0.1, 0.15) is 11.7 Å². The third-order valence-corrected chi connectivity index (χ3v) is 17.4. The van der Waals surface area contributed by atoms with Gasteiger partial charge < -0.3 is 8.85 Å². The van der Waals surface area contributed by atoms with Crippen LogP contribution < -0.4 is 0 Å². The third kappa shape index (κ3) is 4.10. The Kier molecular flexibility index (Phi) is 7.07. The van der Waals surface area contributed by atoms with Gasteiger partial charge in [0.2, 0.25) is 0 Å². The lowest BCUT2D eigenvalue weighted by Gasteiger charge is -2.47. The number of nitrogens with zero attached hydrogens (tertiary/aromatic N) is 1. The van der Waals surface area contributed by atoms with Crippen molar-refractivity contribution in [3.05, 3.63) is 51.6 Å². The van der Waals surface area contributed by atoms with E-state index in [0.717, 1.165) is 40.4 Å². The van der Waals surface area contributed by atoms with E-state index < -0.39 is 22.2 Å². The van der Waals surface area contributed by atoms with Crippen molar-refractivity contribution in [2.45, 2.75) is 95.9 Å². The largest absolute Gasteiger partial charge is 0.407 e. The van der Waals surface area contributed by atoms with Gasteiger partial charge in [0, 0.05) is 5.02 Å². The Morgan fingerprint density at radius 1 is 1.12 bits per heavy atom. The highest BCUT2D eigenvalue weighted by atomic mass is 35.5. The molecular formula is C26H38ClNO2Si2. The van der Waals surface area contributed by atoms with Crippen molar-refractivity contribution >= 4 is 34.3 Å². The molecule has 0 radical (unpaired) electrons. The first kappa shape index (κ1) is 25.5. The van der Waals surface area contributed by atoms with Gasteiger partial charge in [0.15, 0.2) is 16.6 Å². The molecule has 0 heterocycles. The molecule has 2 atom stereocenters. The van der Waals surface area contributed by atoms with Crippen molar-refractivity contribution in [3.63, 3.8) is 0 Å². The molecule has 1 aromatic rings. The molecule has 3 rings (SSSR count). The number of rotatable bonds is 8. The Bertz CT molecular complexity index is 975. The van der Waals surface area contributed by atoms with Crippen LogP contribution in [-0.2, 0) is 20.9 Å². The van der Waals surface area contributed by atoms with Gasteiger partial charge in [-0.3, -0.25) is 0 Å². The lowest BCUT2D eigenvalue weighted by molar-refractivity contribution is 0.00381. The van der Waals surface area contributed by atoms with Gasteiger partial charge in [-0.2, -0.15) is 5.26 Å². The standard InChI is InChI=1S/C26H38ClNO2Si2/c1-9-32(10-2,11-3)30-26-20(12-13-24(26)29-31(7,8)25(4,5)6)18-21-22(26)16-19(14-15-28)17-23(21)27/h12-13,16-18,24H,9-11,14H2,1-8H3/t24-,26+/m0/s1. The molecule has 0 bridgehead atoms. The van der Waals surface area contributed by atoms with Crippen molar-refractivity contribution in [3.8, 4) is 6.07 Å². The zero-order valence-electron chi connectivity index (χ0n) is 20.9. The zero-order chi connectivity index (χ0) is 23.9. The summed E-state index contributed by atoms with van der Waals surface area (Å²) < 4.78 is 14.5. The van der Waals surface area contributed by atoms with Gasteiger partial charge in [-0.05, 0) is 70.7 Å². The molecule has 0 fully saturated rings. The minimum atomic E-state index is -2.07. The fourth-order valence-corrected chi connectivity index (χ4v) is 9.14. The van der Waals surface area contributed by atoms with Crippen molar-refractivity contribution in [1.82, 2.24) is 0 Å². The maximum absolute atomic E-state index is 9.34. The minimum absolute atomic E-state index is 0.0883. The van der Waals surface area contributed by atoms with Gasteiger partial charge in [0.05, 0.1) is 12.5 Å². The molecule has 2 aliphatic rings. The average molecular weight is 488 g/mol. The zero-order valence-corrected chi connectivity index (χ0v) is 23.7. The molecule has 0 aromatic heterocycles. The van der Waals surface area contributed by atoms with Crippen LogP contribution in [0.5, 0.6) is 0 Å². The fourth-order valence-electron chi connectivity index (χ4n) is 4.65. The Morgan fingerprint density at radius 3 is 2.28 bits per heavy atom. The van der Waals surface area contributed by atoms with Crippen LogP contribution in [0.3, 0.4) is 0 Å². The molecule has 2 aliphatic carbocycles. The predicted molar refractivity (Wildman–Crippen MR) is 140 cm³/mol. The first-order valence-corrected chi connectivity index (χ1v) is 17.7. The highest BCUT2D eigenvalue weighted by Gasteiger charge is 2.57. The number of benzene rings is 1. The molecule has 0 amide bonds. The molecule has 0 N–H and O–H groups in total. The lowest BCUT2D eigenvalue weighted by Crippen LogP contribution is -2.54. The Balaban J connectivity index is 2.23. The summed E-state index contributed by atoms with van der Waals surface area (Å²) in [5.74, 6) is 0. The van der Waals surface area contributed by atoms with E-state index in [2.05, 4.69) is 85.0 Å². The molecule has 32 heavy (non-hydrogen) atoms. The Morgan fingerprint density at radius 2 is 1.75 bits per heavy atom. The SMILES string of the molecule is CC[Si](CC)(CC)O[C@]12C(=Cc3c(Cl)cc(CC#N)cc31)C=C[C@@H]2O[Si](C)(C)C(C)(C)C. The van der Waals surface area contributed by atoms with Crippen LogP contribution >= 0.6 is 11.6 Å². The molecule has 0 saturated carbocycles. The quantitative estimate of drug-likeness (QED) is 0.349. The van der Waals surface area contributed by atoms with E-state index in [1.165, 1.54) is 0 Å². The number of fused-ring (bicyclic) bond motifs is 3. The highest BCUT2D eigenvalue weighted by molar-refractivity contribution is 6.74. The minimum Gasteiger partial charge on any atom is -0.407 e. The Labute approximate surface area is 201 Å². The van der Waals surface area contributed by atoms with E-state index in [1.54, 1.807) is 0 Å². The van der Waals surface area contributed by atoms with Crippen LogP contribution in [0.1, 0.15) is 58.2 Å². The van der Waals surface area contributed by atoms with E-state index in [1.807, 2.05) is 6.07 Å². The van der Waals surface area contributed by atoms with Crippen molar-refractivity contribution in [1.29, 1.82) is 5.26 Å². The summed E-state index contributed by atoms with van der Waals surface area (Å²) in [5, 5.41) is 10.1. The van der Waals surface area contributed by atoms with E-state index >= 15 is 0 Å². The second-order valence-electron chi connectivity index (χ2n) is 10.7. The topological polar surface area (TPSA) is 42.2 Å². The number of nitriles is 1. The molecular weight excluding hydrogens is 450 g/mol. The molecule has 0 saturated heterocycles. The van der Waals surface area contributed by atoms with Gasteiger partial charge >= 0.3 is 0 Å².